The monoisotopic (exact) mass is 413 g/mol. The van der Waals surface area contributed by atoms with E-state index in [0.717, 1.165) is 11.2 Å². The van der Waals surface area contributed by atoms with Crippen LogP contribution in [0.15, 0.2) is 55.1 Å². The van der Waals surface area contributed by atoms with Gasteiger partial charge in [0.1, 0.15) is 0 Å². The van der Waals surface area contributed by atoms with Crippen LogP contribution in [0.25, 0.3) is 0 Å². The molecule has 0 aromatic heterocycles. The van der Waals surface area contributed by atoms with Crippen molar-refractivity contribution >= 4 is 33.4 Å². The van der Waals surface area contributed by atoms with Crippen molar-refractivity contribution in [3.8, 4) is 0 Å². The number of hydrogen-bond donors (Lipinski definition) is 2. The summed E-state index contributed by atoms with van der Waals surface area (Å²) in [6, 6.07) is 11.0. The molecule has 9 heteroatoms. The Labute approximate surface area is 168 Å². The van der Waals surface area contributed by atoms with Crippen molar-refractivity contribution in [3.63, 3.8) is 0 Å². The van der Waals surface area contributed by atoms with Crippen molar-refractivity contribution in [2.75, 3.05) is 17.5 Å². The molecule has 3 amide bonds. The van der Waals surface area contributed by atoms with Gasteiger partial charge in [0.2, 0.25) is 10.0 Å². The summed E-state index contributed by atoms with van der Waals surface area (Å²) in [6.07, 6.45) is 2.51. The van der Waals surface area contributed by atoms with Crippen molar-refractivity contribution in [3.05, 3.63) is 77.4 Å². The molecule has 0 spiro atoms. The molecule has 1 aliphatic heterocycles. The second-order valence-corrected chi connectivity index (χ2v) is 8.28. The number of sulfonamides is 1. The van der Waals surface area contributed by atoms with Crippen LogP contribution >= 0.6 is 0 Å². The van der Waals surface area contributed by atoms with Gasteiger partial charge in [-0.25, -0.2) is 8.42 Å². The Morgan fingerprint density at radius 2 is 1.83 bits per heavy atom. The van der Waals surface area contributed by atoms with Crippen LogP contribution in [0.3, 0.4) is 0 Å². The van der Waals surface area contributed by atoms with Crippen LogP contribution < -0.4 is 10.0 Å². The van der Waals surface area contributed by atoms with Crippen LogP contribution in [-0.2, 0) is 16.6 Å². The highest BCUT2D eigenvalue weighted by molar-refractivity contribution is 7.92. The van der Waals surface area contributed by atoms with Crippen molar-refractivity contribution in [2.45, 2.75) is 6.54 Å². The number of anilines is 1. The summed E-state index contributed by atoms with van der Waals surface area (Å²) in [6.45, 7) is 3.79. The Morgan fingerprint density at radius 1 is 1.10 bits per heavy atom. The maximum atomic E-state index is 12.5. The van der Waals surface area contributed by atoms with Gasteiger partial charge in [-0.1, -0.05) is 18.2 Å². The van der Waals surface area contributed by atoms with E-state index >= 15 is 0 Å². The number of fused-ring (bicyclic) bond motifs is 1. The highest BCUT2D eigenvalue weighted by Crippen LogP contribution is 2.24. The van der Waals surface area contributed by atoms with E-state index in [1.807, 2.05) is 0 Å². The largest absolute Gasteiger partial charge is 0.348 e. The molecule has 1 heterocycles. The lowest BCUT2D eigenvalue weighted by molar-refractivity contribution is 0.0672. The topological polar surface area (TPSA) is 113 Å². The second kappa shape index (κ2) is 7.88. The number of rotatable bonds is 7. The zero-order chi connectivity index (χ0) is 21.2. The fourth-order valence-corrected chi connectivity index (χ4v) is 3.53. The predicted molar refractivity (Wildman–Crippen MR) is 108 cm³/mol. The van der Waals surface area contributed by atoms with E-state index in [-0.39, 0.29) is 29.8 Å². The van der Waals surface area contributed by atoms with Gasteiger partial charge in [0.05, 0.1) is 17.4 Å². The molecule has 0 saturated carbocycles. The summed E-state index contributed by atoms with van der Waals surface area (Å²) in [4.78, 5) is 38.1. The number of benzene rings is 2. The van der Waals surface area contributed by atoms with Crippen LogP contribution in [0.2, 0.25) is 0 Å². The summed E-state index contributed by atoms with van der Waals surface area (Å²) < 4.78 is 25.0. The Kier molecular flexibility index (Phi) is 5.51. The Hall–Kier alpha value is -3.46. The number of carbonyl (C=O) groups is 3. The first-order valence-electron chi connectivity index (χ1n) is 8.65. The van der Waals surface area contributed by atoms with Crippen LogP contribution in [0.4, 0.5) is 5.69 Å². The molecule has 2 aromatic carbocycles. The SMILES string of the molecule is C=CCN1C(=O)c2ccc(C(=O)NCc3cccc(NS(C)(=O)=O)c3)cc2C1=O. The van der Waals surface area contributed by atoms with Gasteiger partial charge < -0.3 is 5.32 Å². The molecular weight excluding hydrogens is 394 g/mol. The Bertz CT molecular complexity index is 1120. The van der Waals surface area contributed by atoms with Gasteiger partial charge in [0.25, 0.3) is 17.7 Å². The normalized spacial score (nSPS) is 13.2. The van der Waals surface area contributed by atoms with Gasteiger partial charge >= 0.3 is 0 Å². The zero-order valence-corrected chi connectivity index (χ0v) is 16.5. The van der Waals surface area contributed by atoms with Gasteiger partial charge in [-0.3, -0.25) is 24.0 Å². The zero-order valence-electron chi connectivity index (χ0n) is 15.6. The molecule has 0 fully saturated rings. The van der Waals surface area contributed by atoms with E-state index < -0.39 is 27.7 Å². The van der Waals surface area contributed by atoms with Gasteiger partial charge in [0.15, 0.2) is 0 Å². The molecule has 8 nitrogen and oxygen atoms in total. The first-order chi connectivity index (χ1) is 13.7. The number of imide groups is 1. The van der Waals surface area contributed by atoms with Crippen molar-refractivity contribution in [1.82, 2.24) is 10.2 Å². The van der Waals surface area contributed by atoms with E-state index in [1.54, 1.807) is 24.3 Å². The van der Waals surface area contributed by atoms with Gasteiger partial charge in [-0.05, 0) is 35.9 Å². The maximum absolute atomic E-state index is 12.5. The first-order valence-corrected chi connectivity index (χ1v) is 10.5. The van der Waals surface area contributed by atoms with Gasteiger partial charge in [-0.2, -0.15) is 0 Å². The van der Waals surface area contributed by atoms with E-state index in [1.165, 1.54) is 24.3 Å². The lowest BCUT2D eigenvalue weighted by Gasteiger charge is -2.09. The van der Waals surface area contributed by atoms with Crippen molar-refractivity contribution in [1.29, 1.82) is 0 Å². The average molecular weight is 413 g/mol. The molecule has 0 unspecified atom stereocenters. The minimum atomic E-state index is -3.40. The maximum Gasteiger partial charge on any atom is 0.261 e. The van der Waals surface area contributed by atoms with Crippen LogP contribution in [0.5, 0.6) is 0 Å². The molecule has 0 radical (unpaired) electrons. The lowest BCUT2D eigenvalue weighted by Crippen LogP contribution is -2.29. The summed E-state index contributed by atoms with van der Waals surface area (Å²) in [5.41, 5.74) is 1.77. The molecular formula is C20H19N3O5S. The average Bonchev–Trinajstić information content (AvgIpc) is 2.90. The predicted octanol–water partition coefficient (Wildman–Crippen LogP) is 1.77. The standard InChI is InChI=1S/C20H19N3O5S/c1-3-9-23-19(25)16-8-7-14(11-17(16)20(23)26)18(24)21-12-13-5-4-6-15(10-13)22-29(2,27)28/h3-8,10-11,22H,1,9,12H2,2H3,(H,21,24). The number of hydrogen-bond acceptors (Lipinski definition) is 5. The Balaban J connectivity index is 1.72. The smallest absolute Gasteiger partial charge is 0.261 e. The Morgan fingerprint density at radius 3 is 2.52 bits per heavy atom. The minimum absolute atomic E-state index is 0.103. The molecule has 3 rings (SSSR count). The third kappa shape index (κ3) is 4.52. The van der Waals surface area contributed by atoms with Crippen LogP contribution in [0.1, 0.15) is 36.6 Å². The van der Waals surface area contributed by atoms with Crippen molar-refractivity contribution < 1.29 is 22.8 Å². The summed E-state index contributed by atoms with van der Waals surface area (Å²) in [5.74, 6) is -1.29. The lowest BCUT2D eigenvalue weighted by atomic mass is 10.1. The third-order valence-corrected chi connectivity index (χ3v) is 4.83. The molecule has 0 saturated heterocycles. The molecule has 150 valence electrons. The molecule has 1 aliphatic rings. The molecule has 0 atom stereocenters. The molecule has 0 bridgehead atoms. The number of nitrogens with zero attached hydrogens (tertiary/aromatic N) is 1. The highest BCUT2D eigenvalue weighted by atomic mass is 32.2. The number of carbonyl (C=O) groups excluding carboxylic acids is 3. The van der Waals surface area contributed by atoms with E-state index in [9.17, 15) is 22.8 Å². The second-order valence-electron chi connectivity index (χ2n) is 6.53. The summed E-state index contributed by atoms with van der Waals surface area (Å²) in [7, 11) is -3.40. The summed E-state index contributed by atoms with van der Waals surface area (Å²) >= 11 is 0. The fraction of sp³-hybridized carbons (Fsp3) is 0.150. The first kappa shape index (κ1) is 20.3. The number of nitrogens with one attached hydrogen (secondary N) is 2. The van der Waals surface area contributed by atoms with E-state index in [4.69, 9.17) is 0 Å². The number of amides is 3. The van der Waals surface area contributed by atoms with E-state index in [0.29, 0.717) is 11.3 Å². The molecule has 2 aromatic rings. The molecule has 2 N–H and O–H groups in total. The molecule has 0 aliphatic carbocycles. The van der Waals surface area contributed by atoms with Crippen LogP contribution in [-0.4, -0.2) is 43.8 Å². The fourth-order valence-electron chi connectivity index (χ4n) is 2.97. The quantitative estimate of drug-likeness (QED) is 0.531. The van der Waals surface area contributed by atoms with Gasteiger partial charge in [0, 0.05) is 24.3 Å². The highest BCUT2D eigenvalue weighted by Gasteiger charge is 2.35. The third-order valence-electron chi connectivity index (χ3n) is 4.23. The van der Waals surface area contributed by atoms with E-state index in [2.05, 4.69) is 16.6 Å². The minimum Gasteiger partial charge on any atom is -0.348 e. The van der Waals surface area contributed by atoms with Gasteiger partial charge in [-0.15, -0.1) is 6.58 Å². The summed E-state index contributed by atoms with van der Waals surface area (Å²) in [5, 5.41) is 2.72. The van der Waals surface area contributed by atoms with Crippen molar-refractivity contribution in [2.24, 2.45) is 0 Å². The van der Waals surface area contributed by atoms with Crippen LogP contribution in [0, 0.1) is 0 Å². The molecule has 29 heavy (non-hydrogen) atoms.